The quantitative estimate of drug-likeness (QED) is 0.860. The largest absolute Gasteiger partial charge is 0.347 e. The van der Waals surface area contributed by atoms with Gasteiger partial charge in [-0.1, -0.05) is 30.3 Å². The van der Waals surface area contributed by atoms with Crippen molar-refractivity contribution >= 4 is 17.9 Å². The van der Waals surface area contributed by atoms with Gasteiger partial charge in [-0.2, -0.15) is 0 Å². The standard InChI is InChI=1S/C19H22N4O/c1-15-13-17(22-19(21-15)23-11-5-6-12-23)14-20-18(24)10-9-16-7-3-2-4-8-16/h2-4,7-10,13H,5-6,11-12,14H2,1H3,(H,20,24). The van der Waals surface area contributed by atoms with Crippen LogP contribution in [-0.2, 0) is 11.3 Å². The van der Waals surface area contributed by atoms with Crippen molar-refractivity contribution in [3.05, 3.63) is 59.4 Å². The van der Waals surface area contributed by atoms with Gasteiger partial charge < -0.3 is 10.2 Å². The lowest BCUT2D eigenvalue weighted by molar-refractivity contribution is -0.116. The number of carbonyl (C=O) groups excluding carboxylic acids is 1. The molecule has 1 aromatic heterocycles. The first-order valence-electron chi connectivity index (χ1n) is 8.31. The van der Waals surface area contributed by atoms with Gasteiger partial charge in [-0.05, 0) is 37.5 Å². The van der Waals surface area contributed by atoms with E-state index in [0.717, 1.165) is 36.0 Å². The molecule has 1 saturated heterocycles. The van der Waals surface area contributed by atoms with E-state index in [0.29, 0.717) is 6.54 Å². The zero-order chi connectivity index (χ0) is 16.8. The zero-order valence-electron chi connectivity index (χ0n) is 13.9. The van der Waals surface area contributed by atoms with Gasteiger partial charge in [-0.15, -0.1) is 0 Å². The number of nitrogens with zero attached hydrogens (tertiary/aromatic N) is 3. The van der Waals surface area contributed by atoms with Gasteiger partial charge in [0.15, 0.2) is 0 Å². The summed E-state index contributed by atoms with van der Waals surface area (Å²) in [6.45, 7) is 4.38. The average Bonchev–Trinajstić information content (AvgIpc) is 3.13. The van der Waals surface area contributed by atoms with Gasteiger partial charge in [0.05, 0.1) is 12.2 Å². The number of hydrogen-bond donors (Lipinski definition) is 1. The molecule has 0 unspecified atom stereocenters. The molecule has 0 saturated carbocycles. The summed E-state index contributed by atoms with van der Waals surface area (Å²) >= 11 is 0. The topological polar surface area (TPSA) is 58.1 Å². The molecule has 5 nitrogen and oxygen atoms in total. The molecule has 0 spiro atoms. The lowest BCUT2D eigenvalue weighted by atomic mass is 10.2. The van der Waals surface area contributed by atoms with E-state index in [1.54, 1.807) is 12.2 Å². The van der Waals surface area contributed by atoms with Crippen molar-refractivity contribution in [2.24, 2.45) is 0 Å². The summed E-state index contributed by atoms with van der Waals surface area (Å²) < 4.78 is 0. The van der Waals surface area contributed by atoms with E-state index in [-0.39, 0.29) is 5.91 Å². The predicted molar refractivity (Wildman–Crippen MR) is 95.5 cm³/mol. The third-order valence-electron chi connectivity index (χ3n) is 3.95. The summed E-state index contributed by atoms with van der Waals surface area (Å²) in [4.78, 5) is 23.3. The lowest BCUT2D eigenvalue weighted by Gasteiger charge is -2.16. The lowest BCUT2D eigenvalue weighted by Crippen LogP contribution is -2.24. The van der Waals surface area contributed by atoms with E-state index in [2.05, 4.69) is 20.2 Å². The molecule has 1 fully saturated rings. The van der Waals surface area contributed by atoms with Gasteiger partial charge in [0, 0.05) is 24.9 Å². The molecule has 2 aromatic rings. The highest BCUT2D eigenvalue weighted by atomic mass is 16.1. The Labute approximate surface area is 142 Å². The van der Waals surface area contributed by atoms with Crippen LogP contribution < -0.4 is 10.2 Å². The Morgan fingerprint density at radius 1 is 1.21 bits per heavy atom. The fraction of sp³-hybridized carbons (Fsp3) is 0.316. The van der Waals surface area contributed by atoms with Gasteiger partial charge in [0.1, 0.15) is 0 Å². The van der Waals surface area contributed by atoms with Crippen LogP contribution in [-0.4, -0.2) is 29.0 Å². The van der Waals surface area contributed by atoms with Crippen LogP contribution in [0, 0.1) is 6.92 Å². The Kier molecular flexibility index (Phi) is 5.21. The van der Waals surface area contributed by atoms with E-state index >= 15 is 0 Å². The van der Waals surface area contributed by atoms with Crippen molar-refractivity contribution in [1.29, 1.82) is 0 Å². The molecule has 24 heavy (non-hydrogen) atoms. The second kappa shape index (κ2) is 7.73. The number of nitrogens with one attached hydrogen (secondary N) is 1. The van der Waals surface area contributed by atoms with E-state index in [1.807, 2.05) is 43.3 Å². The third-order valence-corrected chi connectivity index (χ3v) is 3.95. The normalized spacial score (nSPS) is 14.3. The summed E-state index contributed by atoms with van der Waals surface area (Å²) in [7, 11) is 0. The molecule has 0 atom stereocenters. The minimum atomic E-state index is -0.127. The number of anilines is 1. The molecule has 1 aromatic carbocycles. The summed E-state index contributed by atoms with van der Waals surface area (Å²) in [6, 6.07) is 11.7. The first kappa shape index (κ1) is 16.2. The summed E-state index contributed by atoms with van der Waals surface area (Å²) in [5.41, 5.74) is 2.77. The van der Waals surface area contributed by atoms with Crippen molar-refractivity contribution in [2.75, 3.05) is 18.0 Å². The zero-order valence-corrected chi connectivity index (χ0v) is 13.9. The van der Waals surface area contributed by atoms with Crippen LogP contribution >= 0.6 is 0 Å². The highest BCUT2D eigenvalue weighted by Gasteiger charge is 2.15. The highest BCUT2D eigenvalue weighted by Crippen LogP contribution is 2.16. The summed E-state index contributed by atoms with van der Waals surface area (Å²) in [6.07, 6.45) is 5.72. The molecule has 1 aliphatic heterocycles. The van der Waals surface area contributed by atoms with Gasteiger partial charge in [0.25, 0.3) is 0 Å². The minimum absolute atomic E-state index is 0.127. The number of aryl methyl sites for hydroxylation is 1. The first-order valence-corrected chi connectivity index (χ1v) is 8.31. The van der Waals surface area contributed by atoms with Crippen molar-refractivity contribution < 1.29 is 4.79 Å². The first-order chi connectivity index (χ1) is 11.7. The number of rotatable bonds is 5. The number of hydrogen-bond acceptors (Lipinski definition) is 4. The SMILES string of the molecule is Cc1cc(CNC(=O)C=Cc2ccccc2)nc(N2CCCC2)n1. The number of carbonyl (C=O) groups is 1. The molecule has 0 aliphatic carbocycles. The van der Waals surface area contributed by atoms with Gasteiger partial charge >= 0.3 is 0 Å². The Bertz CT molecular complexity index is 721. The second-order valence-electron chi connectivity index (χ2n) is 5.96. The number of amides is 1. The number of benzene rings is 1. The Morgan fingerprint density at radius 3 is 2.71 bits per heavy atom. The van der Waals surface area contributed by atoms with Gasteiger partial charge in [-0.25, -0.2) is 9.97 Å². The monoisotopic (exact) mass is 322 g/mol. The van der Waals surface area contributed by atoms with Crippen molar-refractivity contribution in [3.63, 3.8) is 0 Å². The Morgan fingerprint density at radius 2 is 1.96 bits per heavy atom. The molecular weight excluding hydrogens is 300 g/mol. The van der Waals surface area contributed by atoms with Crippen molar-refractivity contribution in [2.45, 2.75) is 26.3 Å². The third kappa shape index (κ3) is 4.41. The van der Waals surface area contributed by atoms with Crippen LogP contribution in [0.3, 0.4) is 0 Å². The van der Waals surface area contributed by atoms with Gasteiger partial charge in [-0.3, -0.25) is 4.79 Å². The van der Waals surface area contributed by atoms with Crippen LogP contribution in [0.25, 0.3) is 6.08 Å². The van der Waals surface area contributed by atoms with Crippen LogP contribution in [0.5, 0.6) is 0 Å². The molecular formula is C19H22N4O. The fourth-order valence-corrected chi connectivity index (χ4v) is 2.74. The molecule has 0 bridgehead atoms. The summed E-state index contributed by atoms with van der Waals surface area (Å²) in [5, 5.41) is 2.88. The predicted octanol–water partition coefficient (Wildman–Crippen LogP) is 2.71. The molecule has 5 heteroatoms. The number of aromatic nitrogens is 2. The van der Waals surface area contributed by atoms with E-state index in [4.69, 9.17) is 0 Å². The molecule has 1 N–H and O–H groups in total. The van der Waals surface area contributed by atoms with Crippen LogP contribution in [0.15, 0.2) is 42.5 Å². The molecule has 0 radical (unpaired) electrons. The fourth-order valence-electron chi connectivity index (χ4n) is 2.74. The minimum Gasteiger partial charge on any atom is -0.347 e. The average molecular weight is 322 g/mol. The maximum atomic E-state index is 12.0. The van der Waals surface area contributed by atoms with Crippen molar-refractivity contribution in [3.8, 4) is 0 Å². The molecule has 3 rings (SSSR count). The van der Waals surface area contributed by atoms with E-state index < -0.39 is 0 Å². The second-order valence-corrected chi connectivity index (χ2v) is 5.96. The van der Waals surface area contributed by atoms with Crippen molar-refractivity contribution in [1.82, 2.24) is 15.3 Å². The van der Waals surface area contributed by atoms with Crippen LogP contribution in [0.1, 0.15) is 29.8 Å². The Hall–Kier alpha value is -2.69. The van der Waals surface area contributed by atoms with Gasteiger partial charge in [0.2, 0.25) is 11.9 Å². The van der Waals surface area contributed by atoms with Crippen LogP contribution in [0.2, 0.25) is 0 Å². The summed E-state index contributed by atoms with van der Waals surface area (Å²) in [5.74, 6) is 0.648. The molecule has 2 heterocycles. The smallest absolute Gasteiger partial charge is 0.244 e. The van der Waals surface area contributed by atoms with E-state index in [1.165, 1.54) is 12.8 Å². The molecule has 1 aliphatic rings. The van der Waals surface area contributed by atoms with E-state index in [9.17, 15) is 4.79 Å². The molecule has 1 amide bonds. The molecule has 124 valence electrons. The maximum Gasteiger partial charge on any atom is 0.244 e. The Balaban J connectivity index is 1.59. The maximum absolute atomic E-state index is 12.0. The van der Waals surface area contributed by atoms with Crippen LogP contribution in [0.4, 0.5) is 5.95 Å². The highest BCUT2D eigenvalue weighted by molar-refractivity contribution is 5.91.